The summed E-state index contributed by atoms with van der Waals surface area (Å²) in [6.07, 6.45) is 1.78. The number of hydrogen-bond acceptors (Lipinski definition) is 7. The van der Waals surface area contributed by atoms with Gasteiger partial charge in [0.2, 0.25) is 0 Å². The first-order valence-corrected chi connectivity index (χ1v) is 10.9. The molecule has 0 spiro atoms. The summed E-state index contributed by atoms with van der Waals surface area (Å²) in [5.74, 6) is 0.935. The Kier molecular flexibility index (Phi) is 7.77. The lowest BCUT2D eigenvalue weighted by Gasteiger charge is -2.12. The van der Waals surface area contributed by atoms with E-state index in [1.807, 2.05) is 38.1 Å². The summed E-state index contributed by atoms with van der Waals surface area (Å²) >= 11 is 1.31. The first-order chi connectivity index (χ1) is 15.4. The number of carbonyl (C=O) groups is 2. The van der Waals surface area contributed by atoms with Crippen molar-refractivity contribution in [3.8, 4) is 17.2 Å². The molecule has 32 heavy (non-hydrogen) atoms. The van der Waals surface area contributed by atoms with E-state index in [0.717, 1.165) is 17.0 Å². The number of nitrogens with zero attached hydrogens (tertiary/aromatic N) is 2. The van der Waals surface area contributed by atoms with Gasteiger partial charge in [-0.2, -0.15) is 0 Å². The molecule has 2 N–H and O–H groups in total. The monoisotopic (exact) mass is 455 g/mol. The van der Waals surface area contributed by atoms with E-state index in [-0.39, 0.29) is 12.5 Å². The number of amides is 2. The van der Waals surface area contributed by atoms with Gasteiger partial charge in [-0.15, -0.1) is 0 Å². The maximum Gasteiger partial charge on any atom is 0.266 e. The van der Waals surface area contributed by atoms with Gasteiger partial charge in [0.25, 0.3) is 11.8 Å². The largest absolute Gasteiger partial charge is 0.497 e. The second-order valence-electron chi connectivity index (χ2n) is 6.65. The van der Waals surface area contributed by atoms with E-state index in [4.69, 9.17) is 19.9 Å². The molecule has 1 aliphatic heterocycles. The molecule has 0 saturated carbocycles. The lowest BCUT2D eigenvalue weighted by molar-refractivity contribution is -0.122. The van der Waals surface area contributed by atoms with Crippen molar-refractivity contribution in [2.75, 3.05) is 26.9 Å². The van der Waals surface area contributed by atoms with Crippen molar-refractivity contribution in [1.29, 1.82) is 0 Å². The van der Waals surface area contributed by atoms with Crippen molar-refractivity contribution < 1.29 is 23.8 Å². The van der Waals surface area contributed by atoms with Gasteiger partial charge in [-0.3, -0.25) is 14.5 Å². The molecule has 0 bridgehead atoms. The molecule has 1 saturated heterocycles. The number of thioether (sulfide) groups is 1. The fourth-order valence-electron chi connectivity index (χ4n) is 2.94. The molecular weight excluding hydrogens is 430 g/mol. The maximum atomic E-state index is 12.9. The van der Waals surface area contributed by atoms with Crippen LogP contribution in [0, 0.1) is 0 Å². The van der Waals surface area contributed by atoms with Gasteiger partial charge in [-0.25, -0.2) is 4.99 Å². The van der Waals surface area contributed by atoms with Crippen LogP contribution >= 0.6 is 11.8 Å². The highest BCUT2D eigenvalue weighted by atomic mass is 32.2. The third-order valence-electron chi connectivity index (χ3n) is 4.44. The van der Waals surface area contributed by atoms with Crippen LogP contribution in [0.2, 0.25) is 0 Å². The van der Waals surface area contributed by atoms with E-state index in [0.29, 0.717) is 34.7 Å². The molecule has 0 unspecified atom stereocenters. The minimum absolute atomic E-state index is 0.114. The van der Waals surface area contributed by atoms with Gasteiger partial charge in [0.15, 0.2) is 23.3 Å². The Bertz CT molecular complexity index is 1050. The molecule has 168 valence electrons. The lowest BCUT2D eigenvalue weighted by atomic mass is 10.2. The molecule has 0 radical (unpaired) electrons. The van der Waals surface area contributed by atoms with Crippen LogP contribution in [0.1, 0.15) is 19.4 Å². The Hall–Kier alpha value is -3.46. The summed E-state index contributed by atoms with van der Waals surface area (Å²) in [4.78, 5) is 30.7. The number of benzene rings is 2. The topological polar surface area (TPSA) is 103 Å². The van der Waals surface area contributed by atoms with Crippen LogP contribution in [0.5, 0.6) is 17.2 Å². The summed E-state index contributed by atoms with van der Waals surface area (Å²) in [5.41, 5.74) is 6.64. The van der Waals surface area contributed by atoms with E-state index in [1.165, 1.54) is 11.8 Å². The van der Waals surface area contributed by atoms with Crippen LogP contribution in [-0.4, -0.2) is 48.8 Å². The number of ether oxygens (including phenoxy) is 3. The molecule has 1 heterocycles. The van der Waals surface area contributed by atoms with Crippen molar-refractivity contribution in [3.05, 3.63) is 52.9 Å². The second kappa shape index (κ2) is 10.7. The summed E-state index contributed by atoms with van der Waals surface area (Å²) in [5, 5.41) is 0.611. The molecule has 0 atom stereocenters. The SMILES string of the molecule is CCOc1cc(/C=C2/SC(=Nc3ccc(OC)cc3)N(CC)C2=O)ccc1OCC(N)=O. The highest BCUT2D eigenvalue weighted by Gasteiger charge is 2.32. The molecule has 9 heteroatoms. The van der Waals surface area contributed by atoms with E-state index < -0.39 is 5.91 Å². The summed E-state index contributed by atoms with van der Waals surface area (Å²) < 4.78 is 16.2. The Balaban J connectivity index is 1.87. The third-order valence-corrected chi connectivity index (χ3v) is 5.44. The number of carbonyl (C=O) groups excluding carboxylic acids is 2. The highest BCUT2D eigenvalue weighted by molar-refractivity contribution is 8.18. The number of aliphatic imine (C=N–C) groups is 1. The fraction of sp³-hybridized carbons (Fsp3) is 0.261. The van der Waals surface area contributed by atoms with E-state index in [1.54, 1.807) is 36.3 Å². The van der Waals surface area contributed by atoms with Crippen LogP contribution in [0.25, 0.3) is 6.08 Å². The van der Waals surface area contributed by atoms with Crippen molar-refractivity contribution in [2.45, 2.75) is 13.8 Å². The summed E-state index contributed by atoms with van der Waals surface area (Å²) in [7, 11) is 1.61. The standard InChI is InChI=1S/C23H25N3O5S/c1-4-26-22(28)20(32-23(26)25-16-7-9-17(29-3)10-8-16)13-15-6-11-18(31-14-21(24)27)19(12-15)30-5-2/h6-13H,4-5,14H2,1-3H3,(H2,24,27)/b20-13+,25-23?. The molecule has 2 amide bonds. The first kappa shape index (κ1) is 23.2. The maximum absolute atomic E-state index is 12.9. The van der Waals surface area contributed by atoms with Gasteiger partial charge in [0.05, 0.1) is 24.3 Å². The van der Waals surface area contributed by atoms with Crippen LogP contribution in [0.15, 0.2) is 52.4 Å². The molecule has 2 aromatic rings. The van der Waals surface area contributed by atoms with Crippen LogP contribution in [-0.2, 0) is 9.59 Å². The van der Waals surface area contributed by atoms with Gasteiger partial charge in [0.1, 0.15) is 5.75 Å². The van der Waals surface area contributed by atoms with E-state index in [9.17, 15) is 9.59 Å². The van der Waals surface area contributed by atoms with Gasteiger partial charge in [-0.05, 0) is 73.6 Å². The quantitative estimate of drug-likeness (QED) is 0.580. The van der Waals surface area contributed by atoms with Crippen LogP contribution in [0.4, 0.5) is 5.69 Å². The zero-order chi connectivity index (χ0) is 23.1. The first-order valence-electron chi connectivity index (χ1n) is 10.1. The lowest BCUT2D eigenvalue weighted by Crippen LogP contribution is -2.28. The number of amidine groups is 1. The summed E-state index contributed by atoms with van der Waals surface area (Å²) in [6, 6.07) is 12.6. The normalized spacial score (nSPS) is 16.0. The van der Waals surface area contributed by atoms with Crippen molar-refractivity contribution in [2.24, 2.45) is 10.7 Å². The zero-order valence-corrected chi connectivity index (χ0v) is 19.0. The molecule has 0 aromatic heterocycles. The zero-order valence-electron chi connectivity index (χ0n) is 18.2. The fourth-order valence-corrected chi connectivity index (χ4v) is 4.00. The third kappa shape index (κ3) is 5.61. The number of rotatable bonds is 9. The predicted molar refractivity (Wildman–Crippen MR) is 125 cm³/mol. The van der Waals surface area contributed by atoms with Crippen LogP contribution < -0.4 is 19.9 Å². The van der Waals surface area contributed by atoms with Crippen LogP contribution in [0.3, 0.4) is 0 Å². The Morgan fingerprint density at radius 3 is 2.50 bits per heavy atom. The predicted octanol–water partition coefficient (Wildman–Crippen LogP) is 3.58. The number of primary amides is 1. The van der Waals surface area contributed by atoms with E-state index >= 15 is 0 Å². The number of nitrogens with two attached hydrogens (primary N) is 1. The van der Waals surface area contributed by atoms with Gasteiger partial charge in [0, 0.05) is 6.54 Å². The second-order valence-corrected chi connectivity index (χ2v) is 7.66. The highest BCUT2D eigenvalue weighted by Crippen LogP contribution is 2.36. The van der Waals surface area contributed by atoms with E-state index in [2.05, 4.69) is 4.99 Å². The Labute approximate surface area is 191 Å². The van der Waals surface area contributed by atoms with Gasteiger partial charge >= 0.3 is 0 Å². The number of methoxy groups -OCH3 is 1. The smallest absolute Gasteiger partial charge is 0.266 e. The minimum atomic E-state index is -0.574. The molecular formula is C23H25N3O5S. The molecule has 3 rings (SSSR count). The van der Waals surface area contributed by atoms with Crippen molar-refractivity contribution >= 4 is 40.5 Å². The average molecular weight is 456 g/mol. The molecule has 0 aliphatic carbocycles. The minimum Gasteiger partial charge on any atom is -0.497 e. The molecule has 1 aliphatic rings. The van der Waals surface area contributed by atoms with Crippen molar-refractivity contribution in [1.82, 2.24) is 4.90 Å². The number of hydrogen-bond donors (Lipinski definition) is 1. The van der Waals surface area contributed by atoms with Gasteiger partial charge in [-0.1, -0.05) is 6.07 Å². The van der Waals surface area contributed by atoms with Gasteiger partial charge < -0.3 is 19.9 Å². The average Bonchev–Trinajstić information content (AvgIpc) is 3.07. The molecule has 2 aromatic carbocycles. The molecule has 1 fully saturated rings. The number of likely N-dealkylation sites (N-methyl/N-ethyl adjacent to an activating group) is 1. The Morgan fingerprint density at radius 2 is 1.88 bits per heavy atom. The Morgan fingerprint density at radius 1 is 1.12 bits per heavy atom. The summed E-state index contributed by atoms with van der Waals surface area (Å²) in [6.45, 7) is 4.43. The van der Waals surface area contributed by atoms with Crippen molar-refractivity contribution in [3.63, 3.8) is 0 Å². The molecule has 8 nitrogen and oxygen atoms in total.